The lowest BCUT2D eigenvalue weighted by Gasteiger charge is -2.40. The van der Waals surface area contributed by atoms with Crippen LogP contribution in [-0.2, 0) is 14.8 Å². The van der Waals surface area contributed by atoms with Gasteiger partial charge in [0.1, 0.15) is 0 Å². The molecule has 1 saturated carbocycles. The topological polar surface area (TPSA) is 58.6 Å². The molecule has 0 amide bonds. The van der Waals surface area contributed by atoms with Crippen molar-refractivity contribution in [3.05, 3.63) is 66.2 Å². The second kappa shape index (κ2) is 10.2. The molecule has 2 atom stereocenters. The van der Waals surface area contributed by atoms with Crippen molar-refractivity contribution in [2.45, 2.75) is 50.2 Å². The van der Waals surface area contributed by atoms with Crippen molar-refractivity contribution in [2.24, 2.45) is 5.92 Å². The van der Waals surface area contributed by atoms with Gasteiger partial charge in [-0.05, 0) is 55.7 Å². The molecule has 1 aliphatic heterocycles. The lowest BCUT2D eigenvalue weighted by Crippen LogP contribution is -2.52. The molecule has 1 N–H and O–H groups in total. The minimum absolute atomic E-state index is 0.0735. The monoisotopic (exact) mass is 442 g/mol. The number of para-hydroxylation sites is 1. The molecule has 0 aromatic heterocycles. The highest BCUT2D eigenvalue weighted by Gasteiger charge is 2.32. The van der Waals surface area contributed by atoms with Crippen LogP contribution < -0.4 is 9.62 Å². The van der Waals surface area contributed by atoms with Crippen molar-refractivity contribution >= 4 is 15.7 Å². The van der Waals surface area contributed by atoms with Crippen molar-refractivity contribution < 1.29 is 13.2 Å². The van der Waals surface area contributed by atoms with Crippen LogP contribution in [0.2, 0.25) is 0 Å². The fraction of sp³-hybridized carbons (Fsp3) is 0.520. The molecule has 2 aliphatic rings. The van der Waals surface area contributed by atoms with E-state index in [-0.39, 0.29) is 18.1 Å². The number of benzene rings is 2. The first kappa shape index (κ1) is 22.3. The summed E-state index contributed by atoms with van der Waals surface area (Å²) in [5.74, 6) is 0.763. The highest BCUT2D eigenvalue weighted by molar-refractivity contribution is 7.88. The van der Waals surface area contributed by atoms with Crippen molar-refractivity contribution in [2.75, 3.05) is 30.9 Å². The number of piperidine rings is 1. The van der Waals surface area contributed by atoms with Crippen LogP contribution in [0.3, 0.4) is 0 Å². The summed E-state index contributed by atoms with van der Waals surface area (Å²) in [6, 6.07) is 21.1. The van der Waals surface area contributed by atoms with Gasteiger partial charge in [0.15, 0.2) is 0 Å². The van der Waals surface area contributed by atoms with E-state index in [0.717, 1.165) is 45.2 Å². The Morgan fingerprint density at radius 1 is 0.935 bits per heavy atom. The predicted octanol–water partition coefficient (Wildman–Crippen LogP) is 4.17. The maximum atomic E-state index is 11.9. The molecule has 0 spiro atoms. The number of hydrogen-bond acceptors (Lipinski definition) is 4. The molecular formula is C25H34N2O3S. The Bertz CT molecular complexity index is 912. The van der Waals surface area contributed by atoms with Crippen LogP contribution in [0, 0.1) is 5.92 Å². The third-order valence-corrected chi connectivity index (χ3v) is 7.44. The number of sulfonamides is 1. The number of rotatable bonds is 7. The van der Waals surface area contributed by atoms with E-state index in [9.17, 15) is 8.42 Å². The van der Waals surface area contributed by atoms with Gasteiger partial charge < -0.3 is 9.64 Å². The summed E-state index contributed by atoms with van der Waals surface area (Å²) in [6.45, 7) is 2.24. The fourth-order valence-corrected chi connectivity index (χ4v) is 5.91. The molecule has 0 radical (unpaired) electrons. The molecule has 1 saturated heterocycles. The summed E-state index contributed by atoms with van der Waals surface area (Å²) in [5, 5.41) is 0. The summed E-state index contributed by atoms with van der Waals surface area (Å²) in [7, 11) is -3.24. The first-order chi connectivity index (χ1) is 15.0. The van der Waals surface area contributed by atoms with E-state index in [0.29, 0.717) is 12.5 Å². The van der Waals surface area contributed by atoms with Crippen molar-refractivity contribution in [3.8, 4) is 0 Å². The van der Waals surface area contributed by atoms with Crippen molar-refractivity contribution in [1.82, 2.24) is 4.72 Å². The fourth-order valence-electron chi connectivity index (χ4n) is 5.05. The van der Waals surface area contributed by atoms with Gasteiger partial charge in [-0.25, -0.2) is 13.1 Å². The molecule has 6 heteroatoms. The van der Waals surface area contributed by atoms with Gasteiger partial charge in [0, 0.05) is 30.7 Å². The van der Waals surface area contributed by atoms with Gasteiger partial charge in [-0.1, -0.05) is 48.5 Å². The molecule has 1 heterocycles. The Balaban J connectivity index is 1.34. The highest BCUT2D eigenvalue weighted by atomic mass is 32.2. The summed E-state index contributed by atoms with van der Waals surface area (Å²) in [5.41, 5.74) is 2.62. The molecule has 0 unspecified atom stereocenters. The number of nitrogens with zero attached hydrogens (tertiary/aromatic N) is 1. The van der Waals surface area contributed by atoms with Crippen LogP contribution in [0.4, 0.5) is 5.69 Å². The zero-order valence-electron chi connectivity index (χ0n) is 18.3. The molecule has 168 valence electrons. The molecule has 0 bridgehead atoms. The zero-order valence-corrected chi connectivity index (χ0v) is 19.1. The Hall–Kier alpha value is -1.89. The van der Waals surface area contributed by atoms with Crippen LogP contribution in [0.15, 0.2) is 60.7 Å². The van der Waals surface area contributed by atoms with E-state index in [1.807, 2.05) is 18.2 Å². The van der Waals surface area contributed by atoms with E-state index in [2.05, 4.69) is 52.1 Å². The third-order valence-electron chi connectivity index (χ3n) is 6.71. The van der Waals surface area contributed by atoms with E-state index < -0.39 is 10.0 Å². The summed E-state index contributed by atoms with van der Waals surface area (Å²) >= 11 is 0. The summed E-state index contributed by atoms with van der Waals surface area (Å²) in [4.78, 5) is 2.35. The second-order valence-corrected chi connectivity index (χ2v) is 10.8. The quantitative estimate of drug-likeness (QED) is 0.699. The van der Waals surface area contributed by atoms with Gasteiger partial charge in [-0.2, -0.15) is 0 Å². The van der Waals surface area contributed by atoms with E-state index in [1.54, 1.807) is 0 Å². The van der Waals surface area contributed by atoms with Crippen LogP contribution in [-0.4, -0.2) is 46.5 Å². The van der Waals surface area contributed by atoms with Gasteiger partial charge in [0.2, 0.25) is 10.0 Å². The van der Waals surface area contributed by atoms with Gasteiger partial charge in [-0.15, -0.1) is 0 Å². The van der Waals surface area contributed by atoms with Gasteiger partial charge in [-0.3, -0.25) is 0 Å². The molecule has 2 fully saturated rings. The summed E-state index contributed by atoms with van der Waals surface area (Å²) < 4.78 is 33.1. The normalized spacial score (nSPS) is 27.2. The van der Waals surface area contributed by atoms with E-state index in [1.165, 1.54) is 17.5 Å². The first-order valence-corrected chi connectivity index (χ1v) is 13.3. The minimum Gasteiger partial charge on any atom is -0.378 e. The van der Waals surface area contributed by atoms with E-state index >= 15 is 0 Å². The average Bonchev–Trinajstić information content (AvgIpc) is 2.79. The number of ether oxygens (including phenoxy) is 1. The number of anilines is 1. The highest BCUT2D eigenvalue weighted by Crippen LogP contribution is 2.34. The van der Waals surface area contributed by atoms with Crippen LogP contribution in [0.5, 0.6) is 0 Å². The largest absolute Gasteiger partial charge is 0.378 e. The maximum Gasteiger partial charge on any atom is 0.208 e. The number of hydrogen-bond donors (Lipinski definition) is 1. The zero-order chi connectivity index (χ0) is 21.7. The van der Waals surface area contributed by atoms with E-state index in [4.69, 9.17) is 4.74 Å². The van der Waals surface area contributed by atoms with Gasteiger partial charge in [0.25, 0.3) is 0 Å². The lowest BCUT2D eigenvalue weighted by atomic mass is 9.82. The Kier molecular flexibility index (Phi) is 7.31. The minimum atomic E-state index is -3.24. The Morgan fingerprint density at radius 3 is 2.23 bits per heavy atom. The standard InChI is InChI=1S/C25H34N2O3S/c1-31(28,29)26-25-16-17-27(23-10-6-3-7-11-23)18-22(25)19-30-24-14-12-21(13-15-24)20-8-4-2-5-9-20/h2-11,21-22,24-26H,12-19H2,1H3/t21?,22-,24?,25-/m0/s1. The molecule has 2 aromatic rings. The second-order valence-electron chi connectivity index (χ2n) is 9.04. The Morgan fingerprint density at radius 2 is 1.58 bits per heavy atom. The molecular weight excluding hydrogens is 408 g/mol. The molecule has 2 aromatic carbocycles. The molecule has 31 heavy (non-hydrogen) atoms. The van der Waals surface area contributed by atoms with Crippen molar-refractivity contribution in [1.29, 1.82) is 0 Å². The third kappa shape index (κ3) is 6.31. The van der Waals surface area contributed by atoms with Crippen LogP contribution >= 0.6 is 0 Å². The smallest absolute Gasteiger partial charge is 0.208 e. The average molecular weight is 443 g/mol. The molecule has 1 aliphatic carbocycles. The maximum absolute atomic E-state index is 11.9. The lowest BCUT2D eigenvalue weighted by molar-refractivity contribution is -0.00209. The van der Waals surface area contributed by atoms with Crippen molar-refractivity contribution in [3.63, 3.8) is 0 Å². The van der Waals surface area contributed by atoms with Gasteiger partial charge in [0.05, 0.1) is 19.0 Å². The number of nitrogens with one attached hydrogen (secondary N) is 1. The molecule has 5 nitrogen and oxygen atoms in total. The first-order valence-electron chi connectivity index (χ1n) is 11.4. The SMILES string of the molecule is CS(=O)(=O)N[C@H]1CCN(c2ccccc2)C[C@H]1COC1CCC(c2ccccc2)CC1. The van der Waals surface area contributed by atoms with Gasteiger partial charge >= 0.3 is 0 Å². The molecule has 4 rings (SSSR count). The Labute approximate surface area is 186 Å². The summed E-state index contributed by atoms with van der Waals surface area (Å²) in [6.07, 6.45) is 6.75. The van der Waals surface area contributed by atoms with Crippen LogP contribution in [0.25, 0.3) is 0 Å². The predicted molar refractivity (Wildman–Crippen MR) is 126 cm³/mol. The van der Waals surface area contributed by atoms with Crippen LogP contribution in [0.1, 0.15) is 43.6 Å².